The van der Waals surface area contributed by atoms with Crippen LogP contribution in [0.25, 0.3) is 0 Å². The second-order valence-electron chi connectivity index (χ2n) is 4.49. The lowest BCUT2D eigenvalue weighted by Crippen LogP contribution is -2.26. The third kappa shape index (κ3) is 2.39. The van der Waals surface area contributed by atoms with Crippen molar-refractivity contribution in [1.29, 1.82) is 0 Å². The number of hydrogen-bond acceptors (Lipinski definition) is 5. The van der Waals surface area contributed by atoms with E-state index in [0.717, 1.165) is 25.7 Å². The van der Waals surface area contributed by atoms with E-state index in [1.807, 2.05) is 6.92 Å². The van der Waals surface area contributed by atoms with E-state index in [2.05, 4.69) is 10.1 Å². The Morgan fingerprint density at radius 1 is 1.47 bits per heavy atom. The summed E-state index contributed by atoms with van der Waals surface area (Å²) in [6.07, 6.45) is 4.79. The minimum absolute atomic E-state index is 0.109. The van der Waals surface area contributed by atoms with Crippen LogP contribution in [-0.2, 0) is 21.6 Å². The maximum atomic E-state index is 11.3. The zero-order valence-electron chi connectivity index (χ0n) is 10.4. The lowest BCUT2D eigenvalue weighted by Gasteiger charge is -2.22. The molecule has 94 valence electrons. The van der Waals surface area contributed by atoms with Crippen molar-refractivity contribution in [1.82, 2.24) is 10.1 Å². The van der Waals surface area contributed by atoms with Crippen molar-refractivity contribution < 1.29 is 14.1 Å². The van der Waals surface area contributed by atoms with Gasteiger partial charge in [-0.15, -0.1) is 0 Å². The first-order chi connectivity index (χ1) is 8.20. The molecule has 0 spiro atoms. The molecule has 0 aliphatic heterocycles. The molecule has 17 heavy (non-hydrogen) atoms. The third-order valence-electron chi connectivity index (χ3n) is 3.42. The van der Waals surface area contributed by atoms with E-state index in [0.29, 0.717) is 18.1 Å². The fourth-order valence-electron chi connectivity index (χ4n) is 2.27. The van der Waals surface area contributed by atoms with Gasteiger partial charge in [0, 0.05) is 13.5 Å². The van der Waals surface area contributed by atoms with Gasteiger partial charge in [0.1, 0.15) is 11.4 Å². The number of aromatic nitrogens is 2. The van der Waals surface area contributed by atoms with Gasteiger partial charge in [-0.05, 0) is 25.7 Å². The molecule has 5 heteroatoms. The molecule has 1 fully saturated rings. The van der Waals surface area contributed by atoms with Crippen molar-refractivity contribution in [3.05, 3.63) is 11.7 Å². The van der Waals surface area contributed by atoms with Crippen LogP contribution in [0.1, 0.15) is 50.7 Å². The van der Waals surface area contributed by atoms with Crippen molar-refractivity contribution in [2.24, 2.45) is 0 Å². The van der Waals surface area contributed by atoms with E-state index in [-0.39, 0.29) is 12.2 Å². The average molecular weight is 238 g/mol. The Morgan fingerprint density at radius 2 is 2.18 bits per heavy atom. The predicted octanol–water partition coefficient (Wildman–Crippen LogP) is 2.01. The van der Waals surface area contributed by atoms with Gasteiger partial charge in [0.25, 0.3) is 0 Å². The Kier molecular flexibility index (Phi) is 3.57. The summed E-state index contributed by atoms with van der Waals surface area (Å²) in [5, 5.41) is 3.97. The number of methoxy groups -OCH3 is 1. The van der Waals surface area contributed by atoms with Crippen molar-refractivity contribution >= 4 is 5.78 Å². The van der Waals surface area contributed by atoms with Crippen LogP contribution in [0, 0.1) is 0 Å². The van der Waals surface area contributed by atoms with Gasteiger partial charge in [0.2, 0.25) is 11.7 Å². The molecule has 0 radical (unpaired) electrons. The number of ether oxygens (including phenoxy) is 1. The van der Waals surface area contributed by atoms with Crippen LogP contribution >= 0.6 is 0 Å². The molecule has 0 amide bonds. The van der Waals surface area contributed by atoms with Crippen LogP contribution in [0.4, 0.5) is 0 Å². The van der Waals surface area contributed by atoms with Crippen LogP contribution < -0.4 is 0 Å². The highest BCUT2D eigenvalue weighted by atomic mass is 16.5. The third-order valence-corrected chi connectivity index (χ3v) is 3.42. The summed E-state index contributed by atoms with van der Waals surface area (Å²) in [6.45, 7) is 1.83. The highest BCUT2D eigenvalue weighted by molar-refractivity contribution is 5.79. The van der Waals surface area contributed by atoms with Crippen LogP contribution in [0.5, 0.6) is 0 Å². The van der Waals surface area contributed by atoms with Crippen molar-refractivity contribution in [3.63, 3.8) is 0 Å². The predicted molar refractivity (Wildman–Crippen MR) is 60.5 cm³/mol. The first-order valence-electron chi connectivity index (χ1n) is 6.10. The number of nitrogens with zero attached hydrogens (tertiary/aromatic N) is 2. The zero-order chi connectivity index (χ0) is 12.3. The van der Waals surface area contributed by atoms with Gasteiger partial charge in [-0.25, -0.2) is 0 Å². The molecular formula is C12H18N2O3. The molecule has 1 heterocycles. The fourth-order valence-corrected chi connectivity index (χ4v) is 2.27. The summed E-state index contributed by atoms with van der Waals surface area (Å²) in [7, 11) is 1.68. The lowest BCUT2D eigenvalue weighted by atomic mass is 10.0. The quantitative estimate of drug-likeness (QED) is 0.785. The molecule has 1 aliphatic rings. The highest BCUT2D eigenvalue weighted by Gasteiger charge is 2.40. The summed E-state index contributed by atoms with van der Waals surface area (Å²) >= 11 is 0. The lowest BCUT2D eigenvalue weighted by molar-refractivity contribution is -0.118. The van der Waals surface area contributed by atoms with Gasteiger partial charge in [0.15, 0.2) is 0 Å². The number of carbonyl (C=O) groups excluding carboxylic acids is 1. The smallest absolute Gasteiger partial charge is 0.234 e. The monoisotopic (exact) mass is 238 g/mol. The number of rotatable bonds is 5. The first-order valence-corrected chi connectivity index (χ1v) is 6.10. The van der Waals surface area contributed by atoms with Crippen molar-refractivity contribution in [2.45, 2.75) is 51.0 Å². The SMILES string of the molecule is CCC(=O)Cc1nc(C2(OC)CCCC2)no1. The van der Waals surface area contributed by atoms with Gasteiger partial charge in [-0.2, -0.15) is 4.98 Å². The summed E-state index contributed by atoms with van der Waals surface area (Å²) < 4.78 is 10.7. The molecule has 0 bridgehead atoms. The minimum atomic E-state index is -0.392. The summed E-state index contributed by atoms with van der Waals surface area (Å²) in [6, 6.07) is 0. The second kappa shape index (κ2) is 4.96. The summed E-state index contributed by atoms with van der Waals surface area (Å²) in [5.41, 5.74) is -0.392. The highest BCUT2D eigenvalue weighted by Crippen LogP contribution is 2.40. The maximum absolute atomic E-state index is 11.3. The largest absolute Gasteiger partial charge is 0.370 e. The first kappa shape index (κ1) is 12.2. The van der Waals surface area contributed by atoms with E-state index in [4.69, 9.17) is 9.26 Å². The molecule has 0 N–H and O–H groups in total. The number of hydrogen-bond donors (Lipinski definition) is 0. The van der Waals surface area contributed by atoms with Gasteiger partial charge in [-0.3, -0.25) is 4.79 Å². The van der Waals surface area contributed by atoms with E-state index >= 15 is 0 Å². The normalized spacial score (nSPS) is 18.5. The number of ketones is 1. The van der Waals surface area contributed by atoms with E-state index < -0.39 is 5.60 Å². The Hall–Kier alpha value is -1.23. The Labute approximate surface area is 101 Å². The molecule has 2 rings (SSSR count). The molecular weight excluding hydrogens is 220 g/mol. The molecule has 0 saturated heterocycles. The molecule has 0 unspecified atom stereocenters. The second-order valence-corrected chi connectivity index (χ2v) is 4.49. The summed E-state index contributed by atoms with van der Waals surface area (Å²) in [4.78, 5) is 15.6. The van der Waals surface area contributed by atoms with Gasteiger partial charge in [0.05, 0.1) is 6.42 Å². The molecule has 1 aromatic heterocycles. The van der Waals surface area contributed by atoms with Gasteiger partial charge < -0.3 is 9.26 Å². The Bertz CT molecular complexity index is 394. The molecule has 0 atom stereocenters. The van der Waals surface area contributed by atoms with Crippen LogP contribution in [0.15, 0.2) is 4.52 Å². The molecule has 5 nitrogen and oxygen atoms in total. The number of Topliss-reactive ketones (excluding diaryl/α,β-unsaturated/α-hetero) is 1. The van der Waals surface area contributed by atoms with Crippen molar-refractivity contribution in [2.75, 3.05) is 7.11 Å². The van der Waals surface area contributed by atoms with E-state index in [1.54, 1.807) is 7.11 Å². The van der Waals surface area contributed by atoms with Crippen LogP contribution in [0.3, 0.4) is 0 Å². The van der Waals surface area contributed by atoms with Crippen LogP contribution in [-0.4, -0.2) is 23.0 Å². The van der Waals surface area contributed by atoms with E-state index in [1.165, 1.54) is 0 Å². The molecule has 1 aliphatic carbocycles. The zero-order valence-corrected chi connectivity index (χ0v) is 10.4. The number of carbonyl (C=O) groups is 1. The molecule has 1 aromatic rings. The summed E-state index contributed by atoms with van der Waals surface area (Å²) in [5.74, 6) is 1.10. The minimum Gasteiger partial charge on any atom is -0.370 e. The van der Waals surface area contributed by atoms with E-state index in [9.17, 15) is 4.79 Å². The Balaban J connectivity index is 2.14. The van der Waals surface area contributed by atoms with Crippen molar-refractivity contribution in [3.8, 4) is 0 Å². The fraction of sp³-hybridized carbons (Fsp3) is 0.750. The topological polar surface area (TPSA) is 65.2 Å². The average Bonchev–Trinajstić information content (AvgIpc) is 2.97. The van der Waals surface area contributed by atoms with Gasteiger partial charge >= 0.3 is 0 Å². The maximum Gasteiger partial charge on any atom is 0.234 e. The molecule has 0 aromatic carbocycles. The standard InChI is InChI=1S/C12H18N2O3/c1-3-9(15)8-10-13-11(14-17-10)12(16-2)6-4-5-7-12/h3-8H2,1-2H3. The Morgan fingerprint density at radius 3 is 2.76 bits per heavy atom. The molecule has 1 saturated carbocycles. The van der Waals surface area contributed by atoms with Crippen LogP contribution in [0.2, 0.25) is 0 Å². The van der Waals surface area contributed by atoms with Gasteiger partial charge in [-0.1, -0.05) is 12.1 Å².